The Morgan fingerprint density at radius 3 is 2.48 bits per heavy atom. The van der Waals surface area contributed by atoms with Gasteiger partial charge in [0.2, 0.25) is 0 Å². The van der Waals surface area contributed by atoms with Crippen molar-refractivity contribution in [2.45, 2.75) is 83.6 Å². The molecule has 0 aromatic rings. The van der Waals surface area contributed by atoms with E-state index in [4.69, 9.17) is 5.73 Å². The Hall–Kier alpha value is -0.740. The zero-order valence-electron chi connectivity index (χ0n) is 16.4. The first-order valence-corrected chi connectivity index (χ1v) is 11.0. The highest BCUT2D eigenvalue weighted by Gasteiger charge is 2.55. The van der Waals surface area contributed by atoms with E-state index in [0.717, 1.165) is 48.3 Å². The monoisotopic (exact) mass is 339 g/mol. The van der Waals surface area contributed by atoms with Crippen LogP contribution in [0.15, 0.2) is 12.2 Å². The average Bonchev–Trinajstić information content (AvgIpc) is 3.03. The van der Waals surface area contributed by atoms with Crippen molar-refractivity contribution in [1.29, 1.82) is 0 Å². The first-order valence-electron chi connectivity index (χ1n) is 11.0. The topological polar surface area (TPSA) is 26.0 Å². The Bertz CT molecular complexity index is 581. The average molecular weight is 340 g/mol. The molecule has 4 rings (SSSR count). The van der Waals surface area contributed by atoms with Gasteiger partial charge in [-0.15, -0.1) is 5.92 Å². The van der Waals surface area contributed by atoms with E-state index in [0.29, 0.717) is 5.92 Å². The molecule has 138 valence electrons. The van der Waals surface area contributed by atoms with E-state index in [-0.39, 0.29) is 5.54 Å². The van der Waals surface area contributed by atoms with Crippen molar-refractivity contribution in [3.63, 3.8) is 0 Å². The molecule has 8 unspecified atom stereocenters. The molecule has 0 heterocycles. The molecule has 0 bridgehead atoms. The summed E-state index contributed by atoms with van der Waals surface area (Å²) in [5.74, 6) is 12.8. The zero-order chi connectivity index (χ0) is 17.6. The van der Waals surface area contributed by atoms with Gasteiger partial charge in [0.25, 0.3) is 0 Å². The molecule has 4 aliphatic carbocycles. The fraction of sp³-hybridized carbons (Fsp3) is 0.833. The maximum atomic E-state index is 7.06. The summed E-state index contributed by atoms with van der Waals surface area (Å²) in [6.07, 6.45) is 13.1. The molecule has 0 radical (unpaired) electrons. The highest BCUT2D eigenvalue weighted by atomic mass is 14.8. The molecular weight excluding hydrogens is 302 g/mol. The zero-order valence-corrected chi connectivity index (χ0v) is 16.4. The van der Waals surface area contributed by atoms with Gasteiger partial charge in [0, 0.05) is 17.9 Å². The summed E-state index contributed by atoms with van der Waals surface area (Å²) in [6.45, 7) is 8.73. The lowest BCUT2D eigenvalue weighted by Crippen LogP contribution is -2.59. The molecule has 4 saturated carbocycles. The minimum atomic E-state index is 0.0890. The summed E-state index contributed by atoms with van der Waals surface area (Å²) in [5, 5.41) is 0. The van der Waals surface area contributed by atoms with Crippen LogP contribution >= 0.6 is 0 Å². The van der Waals surface area contributed by atoms with Crippen LogP contribution in [0.5, 0.6) is 0 Å². The molecule has 1 heteroatoms. The van der Waals surface area contributed by atoms with Crippen LogP contribution in [0.4, 0.5) is 0 Å². The van der Waals surface area contributed by atoms with E-state index in [9.17, 15) is 0 Å². The molecule has 4 fully saturated rings. The van der Waals surface area contributed by atoms with Gasteiger partial charge in [0.05, 0.1) is 0 Å². The lowest BCUT2D eigenvalue weighted by atomic mass is 9.50. The van der Waals surface area contributed by atoms with Gasteiger partial charge in [0.15, 0.2) is 0 Å². The molecule has 0 aromatic heterocycles. The van der Waals surface area contributed by atoms with Crippen LogP contribution in [-0.2, 0) is 0 Å². The van der Waals surface area contributed by atoms with Gasteiger partial charge in [-0.25, -0.2) is 0 Å². The van der Waals surface area contributed by atoms with Gasteiger partial charge in [-0.05, 0) is 100 Å². The summed E-state index contributed by atoms with van der Waals surface area (Å²) in [7, 11) is 0. The molecule has 1 nitrogen and oxygen atoms in total. The van der Waals surface area contributed by atoms with Crippen LogP contribution in [0.1, 0.15) is 78.1 Å². The molecule has 0 aromatic carbocycles. The molecule has 0 saturated heterocycles. The van der Waals surface area contributed by atoms with Crippen molar-refractivity contribution < 1.29 is 0 Å². The number of hydrogen-bond donors (Lipinski definition) is 1. The third-order valence-electron chi connectivity index (χ3n) is 8.58. The normalized spacial score (nSPS) is 48.5. The first-order chi connectivity index (χ1) is 12.0. The Balaban J connectivity index is 1.50. The lowest BCUT2D eigenvalue weighted by molar-refractivity contribution is -0.0416. The second kappa shape index (κ2) is 6.77. The molecule has 25 heavy (non-hydrogen) atoms. The largest absolute Gasteiger partial charge is 0.325 e. The molecule has 2 N–H and O–H groups in total. The summed E-state index contributed by atoms with van der Waals surface area (Å²) in [5.41, 5.74) is 8.60. The van der Waals surface area contributed by atoms with Crippen LogP contribution in [0.25, 0.3) is 0 Å². The van der Waals surface area contributed by atoms with Crippen molar-refractivity contribution in [1.82, 2.24) is 0 Å². The van der Waals surface area contributed by atoms with E-state index < -0.39 is 0 Å². The molecule has 0 amide bonds. The van der Waals surface area contributed by atoms with E-state index in [1.807, 2.05) is 0 Å². The molecular formula is C24H37N. The standard InChI is InChI=1S/C24H37N/c1-4-5-6-17-7-12-23-22-11-10-19-18(16(2)3)8-9-20(19)21(22)13-14-24(23,25)15-17/h17-23H,2,4,7-15,25H2,1,3H3. The van der Waals surface area contributed by atoms with Crippen LogP contribution in [-0.4, -0.2) is 5.54 Å². The minimum Gasteiger partial charge on any atom is -0.325 e. The maximum Gasteiger partial charge on any atom is 0.0220 e. The second-order valence-electron chi connectivity index (χ2n) is 9.79. The van der Waals surface area contributed by atoms with E-state index in [1.165, 1.54) is 56.9 Å². The van der Waals surface area contributed by atoms with Crippen molar-refractivity contribution in [3.8, 4) is 11.8 Å². The number of fused-ring (bicyclic) bond motifs is 5. The van der Waals surface area contributed by atoms with Gasteiger partial charge in [-0.1, -0.05) is 25.0 Å². The summed E-state index contributed by atoms with van der Waals surface area (Å²) in [6, 6.07) is 0. The second-order valence-corrected chi connectivity index (χ2v) is 9.79. The van der Waals surface area contributed by atoms with Crippen molar-refractivity contribution in [3.05, 3.63) is 12.2 Å². The van der Waals surface area contributed by atoms with Crippen LogP contribution < -0.4 is 5.73 Å². The highest BCUT2D eigenvalue weighted by Crippen LogP contribution is 2.60. The number of rotatable bonds is 1. The van der Waals surface area contributed by atoms with Gasteiger partial charge >= 0.3 is 0 Å². The fourth-order valence-corrected chi connectivity index (χ4v) is 7.61. The Labute approximate surface area is 155 Å². The van der Waals surface area contributed by atoms with Crippen LogP contribution in [0.2, 0.25) is 0 Å². The summed E-state index contributed by atoms with van der Waals surface area (Å²) >= 11 is 0. The molecule has 0 spiro atoms. The van der Waals surface area contributed by atoms with Gasteiger partial charge in [-0.3, -0.25) is 0 Å². The third-order valence-corrected chi connectivity index (χ3v) is 8.58. The molecule has 4 aliphatic rings. The predicted molar refractivity (Wildman–Crippen MR) is 106 cm³/mol. The van der Waals surface area contributed by atoms with E-state index >= 15 is 0 Å². The Kier molecular flexibility index (Phi) is 4.78. The maximum absolute atomic E-state index is 7.06. The van der Waals surface area contributed by atoms with Crippen molar-refractivity contribution >= 4 is 0 Å². The number of hydrogen-bond acceptors (Lipinski definition) is 1. The number of allylic oxidation sites excluding steroid dienone is 1. The Morgan fingerprint density at radius 2 is 1.72 bits per heavy atom. The Morgan fingerprint density at radius 1 is 1.00 bits per heavy atom. The van der Waals surface area contributed by atoms with Gasteiger partial charge in [0.1, 0.15) is 0 Å². The minimum absolute atomic E-state index is 0.0890. The highest BCUT2D eigenvalue weighted by molar-refractivity contribution is 5.15. The van der Waals surface area contributed by atoms with Crippen molar-refractivity contribution in [2.24, 2.45) is 47.2 Å². The predicted octanol–water partition coefficient (Wildman–Crippen LogP) is 5.55. The fourth-order valence-electron chi connectivity index (χ4n) is 7.61. The smallest absolute Gasteiger partial charge is 0.0220 e. The molecule has 0 aliphatic heterocycles. The van der Waals surface area contributed by atoms with Gasteiger partial charge < -0.3 is 5.73 Å². The van der Waals surface area contributed by atoms with E-state index in [1.54, 1.807) is 0 Å². The SMILES string of the molecule is C=C(C)C1CCC2C1CCC1C2CCC2(N)CC(C#CCC)CCC12. The van der Waals surface area contributed by atoms with Crippen molar-refractivity contribution in [2.75, 3.05) is 0 Å². The first kappa shape index (κ1) is 17.7. The quantitative estimate of drug-likeness (QED) is 0.492. The summed E-state index contributed by atoms with van der Waals surface area (Å²) in [4.78, 5) is 0. The van der Waals surface area contributed by atoms with Crippen LogP contribution in [0.3, 0.4) is 0 Å². The molecule has 8 atom stereocenters. The summed E-state index contributed by atoms with van der Waals surface area (Å²) < 4.78 is 0. The lowest BCUT2D eigenvalue weighted by Gasteiger charge is -2.57. The third kappa shape index (κ3) is 2.99. The van der Waals surface area contributed by atoms with Gasteiger partial charge in [-0.2, -0.15) is 0 Å². The van der Waals surface area contributed by atoms with E-state index in [2.05, 4.69) is 32.3 Å². The number of nitrogens with two attached hydrogens (primary N) is 1. The van der Waals surface area contributed by atoms with Crippen LogP contribution in [0, 0.1) is 53.3 Å².